The second-order valence-corrected chi connectivity index (χ2v) is 11.6. The molecule has 5 rings (SSSR count). The van der Waals surface area contributed by atoms with Gasteiger partial charge in [-0.2, -0.15) is 0 Å². The summed E-state index contributed by atoms with van der Waals surface area (Å²) in [5.74, 6) is -0.519. The number of fused-ring (bicyclic) bond motifs is 1. The number of amides is 1. The molecule has 0 saturated carbocycles. The van der Waals surface area contributed by atoms with Gasteiger partial charge in [0, 0.05) is 10.9 Å². The number of β-lactam (4-membered cyclic amide) rings is 1. The topological polar surface area (TPSA) is 59.5 Å². The summed E-state index contributed by atoms with van der Waals surface area (Å²) < 4.78 is 6.47. The van der Waals surface area contributed by atoms with E-state index in [4.69, 9.17) is 4.74 Å². The molecule has 2 fully saturated rings. The Hall–Kier alpha value is -2.65. The van der Waals surface area contributed by atoms with Crippen molar-refractivity contribution in [3.8, 4) is 0 Å². The van der Waals surface area contributed by atoms with E-state index in [-0.39, 0.29) is 11.3 Å². The third-order valence-corrected chi connectivity index (χ3v) is 8.76. The quantitative estimate of drug-likeness (QED) is 0.169. The summed E-state index contributed by atoms with van der Waals surface area (Å²) in [6.07, 6.45) is 1.17. The molecule has 1 aromatic heterocycles. The van der Waals surface area contributed by atoms with Gasteiger partial charge in [-0.15, -0.1) is 11.8 Å². The first-order chi connectivity index (χ1) is 16.4. The molecule has 2 atom stereocenters. The lowest BCUT2D eigenvalue weighted by atomic mass is 9.94. The zero-order chi connectivity index (χ0) is 23.9. The second-order valence-electron chi connectivity index (χ2n) is 8.77. The van der Waals surface area contributed by atoms with Crippen molar-refractivity contribution in [3.05, 3.63) is 107 Å². The van der Waals surface area contributed by atoms with Crippen molar-refractivity contribution in [2.75, 3.05) is 0 Å². The SMILES string of the molecule is CC1(C)SC2C(=C(I)c3ccccn3)C(=O)N2[C@H]1C(=O)OC(c1ccccc1)c1ccccc1. The van der Waals surface area contributed by atoms with E-state index >= 15 is 0 Å². The molecular formula is C27H23IN2O3S. The number of rotatable bonds is 5. The summed E-state index contributed by atoms with van der Waals surface area (Å²) in [4.78, 5) is 33.0. The standard InChI is InChI=1S/C27H23IN2O3S/c1-27(2)23(30-24(31)20(25(30)34-27)21(28)19-15-9-10-16-29-19)26(32)33-22(17-11-5-3-6-12-17)18-13-7-4-8-14-18/h3-16,22-23,25H,1-2H3/t23-,25?/m0/s1. The first-order valence-electron chi connectivity index (χ1n) is 11.0. The van der Waals surface area contributed by atoms with Crippen LogP contribution in [0.1, 0.15) is 36.8 Å². The normalized spacial score (nSPS) is 22.2. The molecule has 0 aliphatic carbocycles. The average molecular weight is 582 g/mol. The summed E-state index contributed by atoms with van der Waals surface area (Å²) in [6.45, 7) is 4.00. The molecule has 1 unspecified atom stereocenters. The van der Waals surface area contributed by atoms with Crippen LogP contribution in [0.5, 0.6) is 0 Å². The molecule has 3 heterocycles. The molecule has 172 valence electrons. The second kappa shape index (κ2) is 9.19. The van der Waals surface area contributed by atoms with Gasteiger partial charge in [0.15, 0.2) is 6.10 Å². The Morgan fingerprint density at radius 2 is 1.59 bits per heavy atom. The van der Waals surface area contributed by atoms with Gasteiger partial charge in [0.05, 0.1) is 14.8 Å². The van der Waals surface area contributed by atoms with Gasteiger partial charge in [-0.05, 0) is 59.7 Å². The third-order valence-electron chi connectivity index (χ3n) is 6.10. The number of ether oxygens (including phenoxy) is 1. The number of aromatic nitrogens is 1. The van der Waals surface area contributed by atoms with Crippen LogP contribution in [0.4, 0.5) is 0 Å². The van der Waals surface area contributed by atoms with Crippen LogP contribution in [0.15, 0.2) is 90.6 Å². The predicted molar refractivity (Wildman–Crippen MR) is 142 cm³/mol. The van der Waals surface area contributed by atoms with E-state index in [1.54, 1.807) is 22.9 Å². The van der Waals surface area contributed by atoms with Crippen LogP contribution in [0.3, 0.4) is 0 Å². The van der Waals surface area contributed by atoms with Crippen molar-refractivity contribution in [1.29, 1.82) is 0 Å². The highest BCUT2D eigenvalue weighted by Gasteiger charge is 2.62. The van der Waals surface area contributed by atoms with E-state index in [0.29, 0.717) is 5.57 Å². The zero-order valence-corrected chi connectivity index (χ0v) is 21.7. The van der Waals surface area contributed by atoms with E-state index in [1.807, 2.05) is 92.7 Å². The molecule has 0 bridgehead atoms. The number of carbonyl (C=O) groups excluding carboxylic acids is 2. The number of hydrogen-bond donors (Lipinski definition) is 0. The van der Waals surface area contributed by atoms with Gasteiger partial charge in [0.25, 0.3) is 5.91 Å². The molecule has 2 aliphatic heterocycles. The predicted octanol–water partition coefficient (Wildman–Crippen LogP) is 5.62. The summed E-state index contributed by atoms with van der Waals surface area (Å²) >= 11 is 3.81. The van der Waals surface area contributed by atoms with Crippen molar-refractivity contribution in [2.24, 2.45) is 0 Å². The summed E-state index contributed by atoms with van der Waals surface area (Å²) in [6, 6.07) is 24.4. The number of esters is 1. The van der Waals surface area contributed by atoms with Crippen molar-refractivity contribution in [2.45, 2.75) is 36.1 Å². The molecule has 0 spiro atoms. The Kier molecular flexibility index (Phi) is 6.24. The maximum atomic E-state index is 13.6. The number of hydrogen-bond acceptors (Lipinski definition) is 5. The van der Waals surface area contributed by atoms with Crippen molar-refractivity contribution < 1.29 is 14.3 Å². The summed E-state index contributed by atoms with van der Waals surface area (Å²) in [5.41, 5.74) is 3.25. The lowest BCUT2D eigenvalue weighted by Gasteiger charge is -2.40. The van der Waals surface area contributed by atoms with Gasteiger partial charge >= 0.3 is 5.97 Å². The lowest BCUT2D eigenvalue weighted by Crippen LogP contribution is -2.59. The number of halogens is 1. The molecule has 5 nitrogen and oxygen atoms in total. The molecule has 2 aliphatic rings. The Balaban J connectivity index is 1.45. The van der Waals surface area contributed by atoms with Crippen LogP contribution in [0, 0.1) is 0 Å². The molecule has 34 heavy (non-hydrogen) atoms. The van der Waals surface area contributed by atoms with E-state index in [2.05, 4.69) is 27.6 Å². The van der Waals surface area contributed by atoms with Crippen molar-refractivity contribution in [3.63, 3.8) is 0 Å². The van der Waals surface area contributed by atoms with Gasteiger partial charge in [0.2, 0.25) is 0 Å². The monoisotopic (exact) mass is 582 g/mol. The van der Waals surface area contributed by atoms with Crippen LogP contribution < -0.4 is 0 Å². The molecule has 2 aromatic carbocycles. The Morgan fingerprint density at radius 1 is 1.00 bits per heavy atom. The van der Waals surface area contributed by atoms with Crippen LogP contribution >= 0.6 is 34.4 Å². The first-order valence-corrected chi connectivity index (χ1v) is 13.0. The van der Waals surface area contributed by atoms with Gasteiger partial charge in [0.1, 0.15) is 11.4 Å². The molecule has 2 saturated heterocycles. The average Bonchev–Trinajstić information content (AvgIpc) is 3.11. The van der Waals surface area contributed by atoms with Gasteiger partial charge < -0.3 is 9.64 Å². The fourth-order valence-electron chi connectivity index (χ4n) is 4.47. The fraction of sp³-hybridized carbons (Fsp3) is 0.222. The number of carbonyl (C=O) groups is 2. The zero-order valence-electron chi connectivity index (χ0n) is 18.7. The Bertz CT molecular complexity index is 1210. The molecule has 3 aromatic rings. The number of pyridine rings is 1. The summed E-state index contributed by atoms with van der Waals surface area (Å²) in [7, 11) is 0. The van der Waals surface area contributed by atoms with Crippen LogP contribution in [0.25, 0.3) is 3.58 Å². The fourth-order valence-corrected chi connectivity index (χ4v) is 7.11. The van der Waals surface area contributed by atoms with E-state index in [0.717, 1.165) is 20.4 Å². The van der Waals surface area contributed by atoms with Crippen molar-refractivity contribution >= 4 is 49.8 Å². The van der Waals surface area contributed by atoms with E-state index in [1.165, 1.54) is 0 Å². The van der Waals surface area contributed by atoms with E-state index < -0.39 is 22.9 Å². The Morgan fingerprint density at radius 3 is 2.15 bits per heavy atom. The number of benzene rings is 2. The molecule has 7 heteroatoms. The minimum absolute atomic E-state index is 0.129. The van der Waals surface area contributed by atoms with Gasteiger partial charge in [-0.1, -0.05) is 66.7 Å². The molecule has 1 amide bonds. The summed E-state index contributed by atoms with van der Waals surface area (Å²) in [5, 5.41) is -0.194. The van der Waals surface area contributed by atoms with Crippen LogP contribution in [-0.2, 0) is 14.3 Å². The highest BCUT2D eigenvalue weighted by Crippen LogP contribution is 2.55. The van der Waals surface area contributed by atoms with Crippen LogP contribution in [-0.4, -0.2) is 37.9 Å². The molecule has 0 N–H and O–H groups in total. The third kappa shape index (κ3) is 4.05. The lowest BCUT2D eigenvalue weighted by molar-refractivity contribution is -0.160. The van der Waals surface area contributed by atoms with Crippen LogP contribution in [0.2, 0.25) is 0 Å². The minimum Gasteiger partial charge on any atom is -0.451 e. The maximum absolute atomic E-state index is 13.6. The van der Waals surface area contributed by atoms with E-state index in [9.17, 15) is 9.59 Å². The smallest absolute Gasteiger partial charge is 0.331 e. The molecular weight excluding hydrogens is 559 g/mol. The molecule has 0 radical (unpaired) electrons. The number of thioether (sulfide) groups is 1. The van der Waals surface area contributed by atoms with Gasteiger partial charge in [-0.3, -0.25) is 9.78 Å². The Labute approximate surface area is 216 Å². The maximum Gasteiger partial charge on any atom is 0.331 e. The van der Waals surface area contributed by atoms with Crippen molar-refractivity contribution in [1.82, 2.24) is 9.88 Å². The highest BCUT2D eigenvalue weighted by atomic mass is 127. The van der Waals surface area contributed by atoms with Gasteiger partial charge in [-0.25, -0.2) is 4.79 Å². The number of nitrogens with zero attached hydrogens (tertiary/aromatic N) is 2. The minimum atomic E-state index is -0.679. The first kappa shape index (κ1) is 23.1. The largest absolute Gasteiger partial charge is 0.451 e. The highest BCUT2D eigenvalue weighted by molar-refractivity contribution is 14.1.